The van der Waals surface area contributed by atoms with Crippen LogP contribution in [-0.4, -0.2) is 26.3 Å². The van der Waals surface area contributed by atoms with E-state index in [1.54, 1.807) is 0 Å². The molecule has 2 heteroatoms. The van der Waals surface area contributed by atoms with Crippen LogP contribution in [0.25, 0.3) is 0 Å². The molecule has 1 unspecified atom stereocenters. The van der Waals surface area contributed by atoms with Crippen molar-refractivity contribution in [1.29, 1.82) is 0 Å². The first-order valence-corrected chi connectivity index (χ1v) is 4.61. The molecule has 0 amide bonds. The highest BCUT2D eigenvalue weighted by Crippen LogP contribution is 2.11. The van der Waals surface area contributed by atoms with Crippen LogP contribution in [0.15, 0.2) is 0 Å². The van der Waals surface area contributed by atoms with Gasteiger partial charge in [-0.1, -0.05) is 5.92 Å². The van der Waals surface area contributed by atoms with Gasteiger partial charge in [-0.3, -0.25) is 0 Å². The lowest BCUT2D eigenvalue weighted by atomic mass is 10.1. The molecule has 0 radical (unpaired) electrons. The average Bonchev–Trinajstić information content (AvgIpc) is 2.57. The molecular formula is C10H17NO. The van der Waals surface area contributed by atoms with Crippen LogP contribution in [0.1, 0.15) is 19.8 Å². The third-order valence-corrected chi connectivity index (χ3v) is 2.18. The quantitative estimate of drug-likeness (QED) is 0.498. The minimum atomic E-state index is 0.594. The van der Waals surface area contributed by atoms with Crippen LogP contribution in [-0.2, 0) is 4.74 Å². The zero-order chi connectivity index (χ0) is 8.65. The highest BCUT2D eigenvalue weighted by atomic mass is 16.5. The lowest BCUT2D eigenvalue weighted by molar-refractivity contribution is 0.152. The standard InChI is InChI=1S/C10H17NO/c1-2-3-7-12-8-5-10-4-6-11-9-10/h10-11H,4-9H2,1H3. The molecule has 1 rings (SSSR count). The second kappa shape index (κ2) is 6.05. The van der Waals surface area contributed by atoms with Gasteiger partial charge < -0.3 is 10.1 Å². The number of nitrogens with one attached hydrogen (secondary N) is 1. The van der Waals surface area contributed by atoms with Gasteiger partial charge in [0.05, 0.1) is 0 Å². The molecule has 0 aromatic rings. The van der Waals surface area contributed by atoms with Crippen LogP contribution < -0.4 is 5.32 Å². The molecule has 0 spiro atoms. The van der Waals surface area contributed by atoms with Crippen LogP contribution in [0.5, 0.6) is 0 Å². The smallest absolute Gasteiger partial charge is 0.107 e. The highest BCUT2D eigenvalue weighted by Gasteiger charge is 2.13. The van der Waals surface area contributed by atoms with Gasteiger partial charge in [0.25, 0.3) is 0 Å². The summed E-state index contributed by atoms with van der Waals surface area (Å²) in [6.45, 7) is 5.64. The van der Waals surface area contributed by atoms with E-state index in [2.05, 4.69) is 17.2 Å². The van der Waals surface area contributed by atoms with Gasteiger partial charge in [0.15, 0.2) is 0 Å². The average molecular weight is 167 g/mol. The minimum absolute atomic E-state index is 0.594. The van der Waals surface area contributed by atoms with Gasteiger partial charge in [-0.15, -0.1) is 5.92 Å². The van der Waals surface area contributed by atoms with Crippen LogP contribution >= 0.6 is 0 Å². The van der Waals surface area contributed by atoms with Crippen molar-refractivity contribution in [3.8, 4) is 11.8 Å². The zero-order valence-electron chi connectivity index (χ0n) is 7.73. The van der Waals surface area contributed by atoms with E-state index in [0.717, 1.165) is 12.5 Å². The summed E-state index contributed by atoms with van der Waals surface area (Å²) in [5, 5.41) is 3.34. The first-order valence-electron chi connectivity index (χ1n) is 4.61. The maximum Gasteiger partial charge on any atom is 0.107 e. The van der Waals surface area contributed by atoms with Gasteiger partial charge in [-0.25, -0.2) is 0 Å². The lowest BCUT2D eigenvalue weighted by Gasteiger charge is -2.06. The Labute approximate surface area is 74.7 Å². The van der Waals surface area contributed by atoms with E-state index in [1.807, 2.05) is 6.92 Å². The van der Waals surface area contributed by atoms with Gasteiger partial charge in [0.2, 0.25) is 0 Å². The van der Waals surface area contributed by atoms with E-state index in [-0.39, 0.29) is 0 Å². The maximum atomic E-state index is 5.33. The predicted octanol–water partition coefficient (Wildman–Crippen LogP) is 1.03. The summed E-state index contributed by atoms with van der Waals surface area (Å²) in [6, 6.07) is 0. The normalized spacial score (nSPS) is 21.9. The largest absolute Gasteiger partial charge is 0.369 e. The number of ether oxygens (including phenoxy) is 1. The Kier molecular flexibility index (Phi) is 4.82. The zero-order valence-corrected chi connectivity index (χ0v) is 7.73. The third kappa shape index (κ3) is 3.75. The van der Waals surface area contributed by atoms with Crippen molar-refractivity contribution in [3.05, 3.63) is 0 Å². The summed E-state index contributed by atoms with van der Waals surface area (Å²) in [4.78, 5) is 0. The number of hydrogen-bond donors (Lipinski definition) is 1. The Bertz CT molecular complexity index is 162. The summed E-state index contributed by atoms with van der Waals surface area (Å²) in [5.74, 6) is 6.53. The molecule has 0 aliphatic carbocycles. The first kappa shape index (κ1) is 9.57. The molecule has 1 aliphatic rings. The summed E-state index contributed by atoms with van der Waals surface area (Å²) >= 11 is 0. The van der Waals surface area contributed by atoms with Gasteiger partial charge in [0.1, 0.15) is 6.61 Å². The molecule has 1 aliphatic heterocycles. The van der Waals surface area contributed by atoms with E-state index in [0.29, 0.717) is 6.61 Å². The molecule has 0 aromatic heterocycles. The van der Waals surface area contributed by atoms with E-state index in [1.165, 1.54) is 25.9 Å². The van der Waals surface area contributed by atoms with Crippen LogP contribution in [0.3, 0.4) is 0 Å². The topological polar surface area (TPSA) is 21.3 Å². The Morgan fingerprint density at radius 3 is 3.17 bits per heavy atom. The molecule has 1 saturated heterocycles. The number of hydrogen-bond acceptors (Lipinski definition) is 2. The first-order chi connectivity index (χ1) is 5.93. The van der Waals surface area contributed by atoms with Crippen LogP contribution in [0, 0.1) is 17.8 Å². The molecule has 0 aromatic carbocycles. The summed E-state index contributed by atoms with van der Waals surface area (Å²) < 4.78 is 5.33. The SMILES string of the molecule is CC#CCOCCC1CCNC1. The van der Waals surface area contributed by atoms with Crippen LogP contribution in [0.4, 0.5) is 0 Å². The summed E-state index contributed by atoms with van der Waals surface area (Å²) in [5.41, 5.74) is 0. The van der Waals surface area contributed by atoms with Crippen LogP contribution in [0.2, 0.25) is 0 Å². The van der Waals surface area contributed by atoms with Crippen molar-refractivity contribution in [2.24, 2.45) is 5.92 Å². The van der Waals surface area contributed by atoms with Gasteiger partial charge >= 0.3 is 0 Å². The Hall–Kier alpha value is -0.520. The Morgan fingerprint density at radius 2 is 2.50 bits per heavy atom. The summed E-state index contributed by atoms with van der Waals surface area (Å²) in [6.07, 6.45) is 2.49. The van der Waals surface area contributed by atoms with Crippen molar-refractivity contribution in [3.63, 3.8) is 0 Å². The molecule has 1 fully saturated rings. The second-order valence-corrected chi connectivity index (χ2v) is 3.13. The molecular weight excluding hydrogens is 150 g/mol. The molecule has 0 saturated carbocycles. The second-order valence-electron chi connectivity index (χ2n) is 3.13. The fourth-order valence-corrected chi connectivity index (χ4v) is 1.41. The van der Waals surface area contributed by atoms with Crippen molar-refractivity contribution >= 4 is 0 Å². The van der Waals surface area contributed by atoms with Crippen molar-refractivity contribution in [2.45, 2.75) is 19.8 Å². The fourth-order valence-electron chi connectivity index (χ4n) is 1.41. The van der Waals surface area contributed by atoms with Crippen molar-refractivity contribution in [2.75, 3.05) is 26.3 Å². The van der Waals surface area contributed by atoms with Gasteiger partial charge in [0, 0.05) is 6.61 Å². The van der Waals surface area contributed by atoms with E-state index in [4.69, 9.17) is 4.74 Å². The molecule has 1 atom stereocenters. The van der Waals surface area contributed by atoms with Gasteiger partial charge in [-0.2, -0.15) is 0 Å². The van der Waals surface area contributed by atoms with E-state index < -0.39 is 0 Å². The Balaban J connectivity index is 1.90. The fraction of sp³-hybridized carbons (Fsp3) is 0.800. The molecule has 0 bridgehead atoms. The Morgan fingerprint density at radius 1 is 1.58 bits per heavy atom. The van der Waals surface area contributed by atoms with Crippen molar-refractivity contribution < 1.29 is 4.74 Å². The predicted molar refractivity (Wildman–Crippen MR) is 49.9 cm³/mol. The van der Waals surface area contributed by atoms with Crippen molar-refractivity contribution in [1.82, 2.24) is 5.32 Å². The van der Waals surface area contributed by atoms with E-state index >= 15 is 0 Å². The molecule has 1 heterocycles. The van der Waals surface area contributed by atoms with Gasteiger partial charge in [-0.05, 0) is 38.8 Å². The molecule has 2 nitrogen and oxygen atoms in total. The minimum Gasteiger partial charge on any atom is -0.369 e. The summed E-state index contributed by atoms with van der Waals surface area (Å²) in [7, 11) is 0. The lowest BCUT2D eigenvalue weighted by Crippen LogP contribution is -2.10. The molecule has 12 heavy (non-hydrogen) atoms. The highest BCUT2D eigenvalue weighted by molar-refractivity contribution is 4.94. The molecule has 68 valence electrons. The third-order valence-electron chi connectivity index (χ3n) is 2.18. The monoisotopic (exact) mass is 167 g/mol. The number of rotatable bonds is 4. The maximum absolute atomic E-state index is 5.33. The van der Waals surface area contributed by atoms with E-state index in [9.17, 15) is 0 Å². The molecule has 1 N–H and O–H groups in total.